The van der Waals surface area contributed by atoms with Crippen molar-refractivity contribution in [3.8, 4) is 5.75 Å². The zero-order chi connectivity index (χ0) is 16.7. The van der Waals surface area contributed by atoms with Crippen LogP contribution in [0.2, 0.25) is 0 Å². The highest BCUT2D eigenvalue weighted by Crippen LogP contribution is 2.22. The lowest BCUT2D eigenvalue weighted by Gasteiger charge is -2.18. The minimum atomic E-state index is -0.0432. The normalized spacial score (nSPS) is 11.7. The Morgan fingerprint density at radius 1 is 1.09 bits per heavy atom. The minimum absolute atomic E-state index is 0.0367. The molecule has 2 N–H and O–H groups in total. The van der Waals surface area contributed by atoms with E-state index in [2.05, 4.69) is 26.1 Å². The van der Waals surface area contributed by atoms with Crippen LogP contribution in [0.3, 0.4) is 0 Å². The average Bonchev–Trinajstić information content (AvgIpc) is 2.53. The van der Waals surface area contributed by atoms with Gasteiger partial charge in [-0.15, -0.1) is 0 Å². The van der Waals surface area contributed by atoms with Crippen LogP contribution in [0.4, 0.5) is 0 Å². The van der Waals surface area contributed by atoms with Gasteiger partial charge in [0.15, 0.2) is 0 Å². The van der Waals surface area contributed by atoms with E-state index in [-0.39, 0.29) is 12.1 Å². The maximum absolute atomic E-state index is 9.58. The Labute approximate surface area is 138 Å². The fourth-order valence-corrected chi connectivity index (χ4v) is 2.09. The van der Waals surface area contributed by atoms with E-state index in [0.29, 0.717) is 6.61 Å². The molecule has 0 aromatic heterocycles. The average molecular weight is 311 g/mol. The van der Waals surface area contributed by atoms with Gasteiger partial charge in [0.05, 0.1) is 6.61 Å². The van der Waals surface area contributed by atoms with E-state index in [1.54, 1.807) is 0 Å². The summed E-state index contributed by atoms with van der Waals surface area (Å²) in [6.45, 7) is 6.78. The van der Waals surface area contributed by atoms with E-state index in [1.807, 2.05) is 60.8 Å². The highest BCUT2D eigenvalue weighted by Gasteiger charge is 2.06. The summed E-state index contributed by atoms with van der Waals surface area (Å²) in [6, 6.07) is 15.8. The summed E-state index contributed by atoms with van der Waals surface area (Å²) in [7, 11) is 0. The third-order valence-corrected chi connectivity index (χ3v) is 3.28. The minimum Gasteiger partial charge on any atom is -0.489 e. The molecular weight excluding hydrogens is 286 g/mol. The molecule has 0 aliphatic heterocycles. The van der Waals surface area contributed by atoms with Crippen LogP contribution in [0, 0.1) is 0 Å². The number of rotatable bonds is 6. The molecule has 0 bridgehead atoms. The Morgan fingerprint density at radius 3 is 2.48 bits per heavy atom. The number of ether oxygens (including phenoxy) is 1. The van der Waals surface area contributed by atoms with E-state index in [0.717, 1.165) is 22.4 Å². The van der Waals surface area contributed by atoms with Crippen LogP contribution >= 0.6 is 0 Å². The number of hydrogen-bond donors (Lipinski definition) is 2. The van der Waals surface area contributed by atoms with Gasteiger partial charge in [-0.3, -0.25) is 0 Å². The number of hydrogen-bond acceptors (Lipinski definition) is 3. The van der Waals surface area contributed by atoms with Gasteiger partial charge in [-0.05, 0) is 56.3 Å². The fraction of sp³-hybridized carbons (Fsp3) is 0.300. The van der Waals surface area contributed by atoms with Crippen molar-refractivity contribution in [2.24, 2.45) is 0 Å². The van der Waals surface area contributed by atoms with Crippen LogP contribution in [-0.4, -0.2) is 10.6 Å². The van der Waals surface area contributed by atoms with E-state index in [9.17, 15) is 5.11 Å². The van der Waals surface area contributed by atoms with E-state index in [4.69, 9.17) is 4.74 Å². The van der Waals surface area contributed by atoms with Gasteiger partial charge in [-0.25, -0.2) is 0 Å². The molecule has 0 heterocycles. The molecule has 0 fully saturated rings. The Kier molecular flexibility index (Phi) is 5.83. The first kappa shape index (κ1) is 17.1. The predicted molar refractivity (Wildman–Crippen MR) is 95.1 cm³/mol. The molecule has 122 valence electrons. The van der Waals surface area contributed by atoms with E-state index in [1.165, 1.54) is 0 Å². The maximum atomic E-state index is 9.58. The van der Waals surface area contributed by atoms with Gasteiger partial charge in [0.2, 0.25) is 0 Å². The first-order valence-electron chi connectivity index (χ1n) is 7.83. The van der Waals surface area contributed by atoms with Crippen molar-refractivity contribution < 1.29 is 9.84 Å². The zero-order valence-electron chi connectivity index (χ0n) is 14.0. The van der Waals surface area contributed by atoms with Crippen molar-refractivity contribution in [1.82, 2.24) is 5.32 Å². The van der Waals surface area contributed by atoms with Crippen molar-refractivity contribution in [3.05, 3.63) is 71.4 Å². The van der Waals surface area contributed by atoms with Crippen LogP contribution < -0.4 is 10.1 Å². The van der Waals surface area contributed by atoms with E-state index < -0.39 is 0 Å². The highest BCUT2D eigenvalue weighted by molar-refractivity contribution is 5.53. The second kappa shape index (κ2) is 7.84. The summed E-state index contributed by atoms with van der Waals surface area (Å²) >= 11 is 0. The van der Waals surface area contributed by atoms with Gasteiger partial charge in [0.1, 0.15) is 12.4 Å². The van der Waals surface area contributed by atoms with Crippen molar-refractivity contribution >= 4 is 6.08 Å². The van der Waals surface area contributed by atoms with Gasteiger partial charge in [0, 0.05) is 11.1 Å². The molecule has 2 rings (SSSR count). The van der Waals surface area contributed by atoms with Gasteiger partial charge >= 0.3 is 0 Å². The third-order valence-electron chi connectivity index (χ3n) is 3.28. The van der Waals surface area contributed by atoms with Crippen molar-refractivity contribution in [3.63, 3.8) is 0 Å². The summed E-state index contributed by atoms with van der Waals surface area (Å²) in [5.74, 6) is 0.720. The molecule has 0 saturated heterocycles. The molecule has 3 nitrogen and oxygen atoms in total. The van der Waals surface area contributed by atoms with Crippen molar-refractivity contribution in [2.45, 2.75) is 39.5 Å². The lowest BCUT2D eigenvalue weighted by molar-refractivity contribution is 0.259. The number of benzene rings is 2. The Bertz CT molecular complexity index is 642. The van der Waals surface area contributed by atoms with Crippen LogP contribution in [-0.2, 0) is 13.2 Å². The van der Waals surface area contributed by atoms with Gasteiger partial charge < -0.3 is 15.2 Å². The second-order valence-corrected chi connectivity index (χ2v) is 6.53. The number of aliphatic hydroxyl groups is 1. The molecule has 0 unspecified atom stereocenters. The molecule has 0 atom stereocenters. The third kappa shape index (κ3) is 5.80. The van der Waals surface area contributed by atoms with Crippen LogP contribution in [0.1, 0.15) is 37.5 Å². The monoisotopic (exact) mass is 311 g/mol. The quantitative estimate of drug-likeness (QED) is 0.843. The Balaban J connectivity index is 2.04. The summed E-state index contributed by atoms with van der Waals surface area (Å²) < 4.78 is 5.83. The van der Waals surface area contributed by atoms with Gasteiger partial charge in [0.25, 0.3) is 0 Å². The number of nitrogens with one attached hydrogen (secondary N) is 1. The van der Waals surface area contributed by atoms with Gasteiger partial charge in [-0.1, -0.05) is 36.4 Å². The molecule has 0 radical (unpaired) electrons. The molecule has 2 aromatic rings. The predicted octanol–water partition coefficient (Wildman–Crippen LogP) is 4.12. The maximum Gasteiger partial charge on any atom is 0.125 e. The summed E-state index contributed by atoms with van der Waals surface area (Å²) in [5.41, 5.74) is 2.96. The smallest absolute Gasteiger partial charge is 0.125 e. The summed E-state index contributed by atoms with van der Waals surface area (Å²) in [4.78, 5) is 0. The SMILES string of the molecule is CC(C)(C)N/C=C/c1ccc(OCc2ccccc2)c(CO)c1. The van der Waals surface area contributed by atoms with Crippen LogP contribution in [0.5, 0.6) is 5.75 Å². The highest BCUT2D eigenvalue weighted by atomic mass is 16.5. The lowest BCUT2D eigenvalue weighted by atomic mass is 10.1. The summed E-state index contributed by atoms with van der Waals surface area (Å²) in [6.07, 6.45) is 3.92. The fourth-order valence-electron chi connectivity index (χ4n) is 2.09. The van der Waals surface area contributed by atoms with Crippen LogP contribution in [0.15, 0.2) is 54.7 Å². The second-order valence-electron chi connectivity index (χ2n) is 6.53. The Hall–Kier alpha value is -2.26. The molecule has 0 amide bonds. The van der Waals surface area contributed by atoms with Crippen LogP contribution in [0.25, 0.3) is 6.08 Å². The van der Waals surface area contributed by atoms with Crippen molar-refractivity contribution in [1.29, 1.82) is 0 Å². The zero-order valence-corrected chi connectivity index (χ0v) is 14.0. The standard InChI is InChI=1S/C20H25NO2/c1-20(2,3)21-12-11-16-9-10-19(18(13-16)14-22)23-15-17-7-5-4-6-8-17/h4-13,21-22H,14-15H2,1-3H3/b12-11+. The molecular formula is C20H25NO2. The molecule has 0 aliphatic carbocycles. The number of aliphatic hydroxyl groups excluding tert-OH is 1. The lowest BCUT2D eigenvalue weighted by Crippen LogP contribution is -2.30. The topological polar surface area (TPSA) is 41.5 Å². The van der Waals surface area contributed by atoms with Gasteiger partial charge in [-0.2, -0.15) is 0 Å². The largest absolute Gasteiger partial charge is 0.489 e. The van der Waals surface area contributed by atoms with E-state index >= 15 is 0 Å². The van der Waals surface area contributed by atoms with Crippen molar-refractivity contribution in [2.75, 3.05) is 0 Å². The molecule has 0 spiro atoms. The first-order valence-corrected chi connectivity index (χ1v) is 7.83. The first-order chi connectivity index (χ1) is 11.0. The molecule has 23 heavy (non-hydrogen) atoms. The molecule has 0 saturated carbocycles. The summed E-state index contributed by atoms with van der Waals surface area (Å²) in [5, 5.41) is 12.9. The molecule has 0 aliphatic rings. The molecule has 3 heteroatoms. The Morgan fingerprint density at radius 2 is 1.83 bits per heavy atom. The molecule has 2 aromatic carbocycles.